The first-order chi connectivity index (χ1) is 12.5. The van der Waals surface area contributed by atoms with Crippen molar-refractivity contribution < 1.29 is 28.0 Å². The van der Waals surface area contributed by atoms with Gasteiger partial charge in [-0.3, -0.25) is 10.1 Å². The van der Waals surface area contributed by atoms with Crippen molar-refractivity contribution in [1.29, 1.82) is 0 Å². The van der Waals surface area contributed by atoms with E-state index in [1.807, 2.05) is 0 Å². The lowest BCUT2D eigenvalue weighted by Crippen LogP contribution is -2.46. The van der Waals surface area contributed by atoms with Gasteiger partial charge in [0.05, 0.1) is 13.2 Å². The van der Waals surface area contributed by atoms with Gasteiger partial charge >= 0.3 is 6.09 Å². The van der Waals surface area contributed by atoms with Gasteiger partial charge in [-0.05, 0) is 38.5 Å². The van der Waals surface area contributed by atoms with Crippen molar-refractivity contribution in [2.45, 2.75) is 38.5 Å². The Hall–Kier alpha value is -2.33. The molecular formula is C17H23F2N3O5. The van der Waals surface area contributed by atoms with Crippen LogP contribution in [-0.4, -0.2) is 59.5 Å². The van der Waals surface area contributed by atoms with Crippen LogP contribution in [0.4, 0.5) is 13.6 Å². The summed E-state index contributed by atoms with van der Waals surface area (Å²) >= 11 is 0. The first-order valence-corrected chi connectivity index (χ1v) is 8.39. The minimum absolute atomic E-state index is 0.0980. The van der Waals surface area contributed by atoms with Crippen molar-refractivity contribution in [2.75, 3.05) is 26.8 Å². The van der Waals surface area contributed by atoms with Gasteiger partial charge in [-0.1, -0.05) is 6.07 Å². The normalized spacial score (nSPS) is 20.7. The van der Waals surface area contributed by atoms with Crippen molar-refractivity contribution >= 4 is 6.09 Å². The minimum atomic E-state index is -1.24. The Kier molecular flexibility index (Phi) is 6.32. The molecule has 1 aliphatic heterocycles. The van der Waals surface area contributed by atoms with E-state index in [9.17, 15) is 23.7 Å². The van der Waals surface area contributed by atoms with Crippen molar-refractivity contribution in [3.8, 4) is 0 Å². The molecule has 1 heterocycles. The third-order valence-electron chi connectivity index (χ3n) is 4.02. The molecule has 1 aliphatic rings. The predicted octanol–water partition coefficient (Wildman–Crippen LogP) is 2.77. The number of hydrogen-bond donors (Lipinski definition) is 0. The summed E-state index contributed by atoms with van der Waals surface area (Å²) in [4.78, 5) is 23.8. The molecule has 150 valence electrons. The summed E-state index contributed by atoms with van der Waals surface area (Å²) in [7, 11) is 1.46. The monoisotopic (exact) mass is 387 g/mol. The van der Waals surface area contributed by atoms with Crippen LogP contribution in [0.1, 0.15) is 32.4 Å². The first-order valence-electron chi connectivity index (χ1n) is 8.39. The molecule has 2 rings (SSSR count). The van der Waals surface area contributed by atoms with E-state index < -0.39 is 40.3 Å². The Balaban J connectivity index is 2.47. The number of carbonyl (C=O) groups is 1. The molecule has 2 atom stereocenters. The Morgan fingerprint density at radius 2 is 2.00 bits per heavy atom. The zero-order valence-electron chi connectivity index (χ0n) is 15.6. The maximum atomic E-state index is 13.7. The van der Waals surface area contributed by atoms with E-state index >= 15 is 0 Å². The first kappa shape index (κ1) is 21.0. The number of carbonyl (C=O) groups excluding carboxylic acids is 1. The molecule has 1 saturated heterocycles. The number of rotatable bonds is 5. The average molecular weight is 387 g/mol. The van der Waals surface area contributed by atoms with Gasteiger partial charge in [0, 0.05) is 18.6 Å². The molecule has 1 amide bonds. The van der Waals surface area contributed by atoms with E-state index in [1.54, 1.807) is 20.8 Å². The Labute approximate surface area is 155 Å². The molecule has 8 nitrogen and oxygen atoms in total. The lowest BCUT2D eigenvalue weighted by molar-refractivity contribution is -0.522. The molecule has 0 spiro atoms. The second-order valence-electron chi connectivity index (χ2n) is 7.20. The fourth-order valence-corrected chi connectivity index (χ4v) is 2.92. The fourth-order valence-electron chi connectivity index (χ4n) is 2.92. The number of methoxy groups -OCH3 is 1. The molecule has 1 aromatic carbocycles. The third kappa shape index (κ3) is 4.89. The topological polar surface area (TPSA) is 85.2 Å². The largest absolute Gasteiger partial charge is 0.443 e. The number of ether oxygens (including phenoxy) is 2. The van der Waals surface area contributed by atoms with Crippen LogP contribution in [0.3, 0.4) is 0 Å². The van der Waals surface area contributed by atoms with Crippen LogP contribution in [0.25, 0.3) is 0 Å². The summed E-state index contributed by atoms with van der Waals surface area (Å²) in [5.74, 6) is -2.22. The highest BCUT2D eigenvalue weighted by atomic mass is 19.2. The molecule has 0 N–H and O–H groups in total. The Morgan fingerprint density at radius 1 is 1.33 bits per heavy atom. The van der Waals surface area contributed by atoms with Crippen LogP contribution in [-0.2, 0) is 9.47 Å². The highest BCUT2D eigenvalue weighted by Crippen LogP contribution is 2.36. The number of benzene rings is 1. The summed E-state index contributed by atoms with van der Waals surface area (Å²) in [6, 6.07) is 0.609. The molecule has 0 aliphatic carbocycles. The van der Waals surface area contributed by atoms with E-state index in [1.165, 1.54) is 18.2 Å². The third-order valence-corrected chi connectivity index (χ3v) is 4.02. The van der Waals surface area contributed by atoms with Gasteiger partial charge in [0.25, 0.3) is 6.04 Å². The number of amides is 1. The molecule has 0 aromatic heterocycles. The van der Waals surface area contributed by atoms with Crippen LogP contribution in [0.15, 0.2) is 18.2 Å². The van der Waals surface area contributed by atoms with E-state index in [0.717, 1.165) is 17.1 Å². The summed E-state index contributed by atoms with van der Waals surface area (Å²) in [6.07, 6.45) is -0.808. The van der Waals surface area contributed by atoms with Gasteiger partial charge < -0.3 is 9.47 Å². The summed E-state index contributed by atoms with van der Waals surface area (Å²) < 4.78 is 37.5. The molecular weight excluding hydrogens is 364 g/mol. The molecule has 1 aromatic rings. The fraction of sp³-hybridized carbons (Fsp3) is 0.588. The number of hydrazine groups is 1. The summed E-state index contributed by atoms with van der Waals surface area (Å²) in [6.45, 7) is 5.31. The van der Waals surface area contributed by atoms with Gasteiger partial charge in [-0.15, -0.1) is 0 Å². The van der Waals surface area contributed by atoms with Crippen molar-refractivity contribution in [2.24, 2.45) is 0 Å². The molecule has 0 saturated carbocycles. The highest BCUT2D eigenvalue weighted by Gasteiger charge is 2.51. The molecule has 0 bridgehead atoms. The second-order valence-corrected chi connectivity index (χ2v) is 7.20. The van der Waals surface area contributed by atoms with Crippen molar-refractivity contribution in [3.63, 3.8) is 0 Å². The molecule has 1 unspecified atom stereocenters. The van der Waals surface area contributed by atoms with Crippen LogP contribution in [0.5, 0.6) is 0 Å². The maximum Gasteiger partial charge on any atom is 0.425 e. The standard InChI is InChI=1S/C17H23F2N3O5/c1-17(2,3)27-16(23)21-15(11-5-6-12(18)13(19)9-11)14(22(24)25)10-20(21)7-8-26-4/h5-6,9,14-15H,7-8,10H2,1-4H3/t14?,15-/m0/s1. The van der Waals surface area contributed by atoms with Crippen molar-refractivity contribution in [3.05, 3.63) is 45.5 Å². The zero-order valence-corrected chi connectivity index (χ0v) is 15.6. The molecule has 1 fully saturated rings. The Bertz CT molecular complexity index is 710. The van der Waals surface area contributed by atoms with Gasteiger partial charge in [-0.25, -0.2) is 23.6 Å². The lowest BCUT2D eigenvalue weighted by Gasteiger charge is -2.33. The zero-order chi connectivity index (χ0) is 20.4. The van der Waals surface area contributed by atoms with Crippen molar-refractivity contribution in [1.82, 2.24) is 10.0 Å². The van der Waals surface area contributed by atoms with Gasteiger partial charge in [0.2, 0.25) is 0 Å². The maximum absolute atomic E-state index is 13.7. The van der Waals surface area contributed by atoms with Gasteiger partial charge in [-0.2, -0.15) is 0 Å². The summed E-state index contributed by atoms with van der Waals surface area (Å²) in [5.41, 5.74) is -0.726. The SMILES string of the molecule is COCCN1CC([N+](=O)[O-])[C@H](c2ccc(F)c(F)c2)N1C(=O)OC(C)(C)C. The number of nitro groups is 1. The quantitative estimate of drug-likeness (QED) is 0.571. The van der Waals surface area contributed by atoms with Gasteiger partial charge in [0.15, 0.2) is 11.6 Å². The van der Waals surface area contributed by atoms with Crippen LogP contribution >= 0.6 is 0 Å². The predicted molar refractivity (Wildman–Crippen MR) is 91.4 cm³/mol. The lowest BCUT2D eigenvalue weighted by atomic mass is 10.0. The molecule has 27 heavy (non-hydrogen) atoms. The molecule has 10 heteroatoms. The molecule has 0 radical (unpaired) electrons. The Morgan fingerprint density at radius 3 is 2.52 bits per heavy atom. The van der Waals surface area contributed by atoms with Crippen LogP contribution < -0.4 is 0 Å². The average Bonchev–Trinajstić information content (AvgIpc) is 2.93. The van der Waals surface area contributed by atoms with E-state index in [-0.39, 0.29) is 25.3 Å². The van der Waals surface area contributed by atoms with E-state index in [4.69, 9.17) is 9.47 Å². The minimum Gasteiger partial charge on any atom is -0.443 e. The van der Waals surface area contributed by atoms with E-state index in [0.29, 0.717) is 0 Å². The second kappa shape index (κ2) is 8.13. The number of halogens is 2. The smallest absolute Gasteiger partial charge is 0.425 e. The van der Waals surface area contributed by atoms with E-state index in [2.05, 4.69) is 0 Å². The van der Waals surface area contributed by atoms with Crippen LogP contribution in [0.2, 0.25) is 0 Å². The number of nitrogens with zero attached hydrogens (tertiary/aromatic N) is 3. The number of hydrogen-bond acceptors (Lipinski definition) is 6. The van der Waals surface area contributed by atoms with Crippen LogP contribution in [0, 0.1) is 21.7 Å². The summed E-state index contributed by atoms with van der Waals surface area (Å²) in [5, 5.41) is 14.2. The highest BCUT2D eigenvalue weighted by molar-refractivity contribution is 5.69. The van der Waals surface area contributed by atoms with Gasteiger partial charge in [0.1, 0.15) is 11.6 Å².